The molecule has 1 aliphatic rings. The van der Waals surface area contributed by atoms with Crippen LogP contribution < -0.4 is 4.74 Å². The first kappa shape index (κ1) is 15.2. The summed E-state index contributed by atoms with van der Waals surface area (Å²) >= 11 is 5.50. The summed E-state index contributed by atoms with van der Waals surface area (Å²) in [5.74, 6) is 5.80. The summed E-state index contributed by atoms with van der Waals surface area (Å²) in [5, 5.41) is 0. The molecule has 2 rings (SSSR count). The van der Waals surface area contributed by atoms with E-state index in [1.165, 1.54) is 32.0 Å². The number of likely N-dealkylation sites (tertiary alicyclic amines) is 1. The van der Waals surface area contributed by atoms with E-state index in [9.17, 15) is 4.39 Å². The summed E-state index contributed by atoms with van der Waals surface area (Å²) in [4.78, 5) is 2.42. The fourth-order valence-electron chi connectivity index (χ4n) is 2.30. The van der Waals surface area contributed by atoms with Crippen LogP contribution in [0.2, 0.25) is 0 Å². The van der Waals surface area contributed by atoms with Crippen LogP contribution in [-0.2, 0) is 0 Å². The number of rotatable bonds is 5. The van der Waals surface area contributed by atoms with Gasteiger partial charge >= 0.3 is 0 Å². The van der Waals surface area contributed by atoms with Crippen molar-refractivity contribution in [2.24, 2.45) is 0 Å². The summed E-state index contributed by atoms with van der Waals surface area (Å²) in [7, 11) is 0. The molecule has 1 saturated heterocycles. The average Bonchev–Trinajstić information content (AvgIpc) is 2.97. The monoisotopic (exact) mass is 295 g/mol. The fraction of sp³-hybridized carbons (Fsp3) is 0.500. The Labute approximate surface area is 124 Å². The van der Waals surface area contributed by atoms with Crippen LogP contribution in [0.5, 0.6) is 5.75 Å². The number of halogens is 2. The maximum absolute atomic E-state index is 13.6. The van der Waals surface area contributed by atoms with Crippen molar-refractivity contribution >= 4 is 11.6 Å². The summed E-state index contributed by atoms with van der Waals surface area (Å²) < 4.78 is 19.1. The van der Waals surface area contributed by atoms with Gasteiger partial charge < -0.3 is 9.64 Å². The van der Waals surface area contributed by atoms with E-state index in [1.54, 1.807) is 12.1 Å². The molecule has 1 heterocycles. The number of benzene rings is 1. The Bertz CT molecular complexity index is 489. The standard InChI is InChI=1S/C16H19ClFNO/c17-8-3-5-14-6-7-15(18)16(13-14)20-12-4-11-19-9-1-2-10-19/h6-7,13H,1-2,4,8-12H2. The quantitative estimate of drug-likeness (QED) is 0.469. The molecule has 1 aromatic rings. The zero-order valence-corrected chi connectivity index (χ0v) is 12.3. The average molecular weight is 296 g/mol. The predicted molar refractivity (Wildman–Crippen MR) is 79.8 cm³/mol. The van der Waals surface area contributed by atoms with Gasteiger partial charge in [0, 0.05) is 12.1 Å². The minimum atomic E-state index is -0.345. The maximum Gasteiger partial charge on any atom is 0.165 e. The molecule has 0 spiro atoms. The van der Waals surface area contributed by atoms with Crippen LogP contribution in [0.4, 0.5) is 4.39 Å². The largest absolute Gasteiger partial charge is 0.490 e. The lowest BCUT2D eigenvalue weighted by Gasteiger charge is -2.14. The third kappa shape index (κ3) is 4.70. The van der Waals surface area contributed by atoms with Gasteiger partial charge in [-0.2, -0.15) is 0 Å². The highest BCUT2D eigenvalue weighted by atomic mass is 35.5. The number of nitrogens with zero attached hydrogens (tertiary/aromatic N) is 1. The van der Waals surface area contributed by atoms with Gasteiger partial charge in [-0.3, -0.25) is 0 Å². The lowest BCUT2D eigenvalue weighted by atomic mass is 10.2. The van der Waals surface area contributed by atoms with Gasteiger partial charge in [0.25, 0.3) is 0 Å². The number of hydrogen-bond donors (Lipinski definition) is 0. The van der Waals surface area contributed by atoms with E-state index in [-0.39, 0.29) is 17.4 Å². The Morgan fingerprint density at radius 3 is 2.85 bits per heavy atom. The predicted octanol–water partition coefficient (Wildman–Crippen LogP) is 3.28. The molecule has 0 radical (unpaired) electrons. The molecule has 0 aromatic heterocycles. The Hall–Kier alpha value is -1.24. The summed E-state index contributed by atoms with van der Waals surface area (Å²) in [6.07, 6.45) is 3.49. The highest BCUT2D eigenvalue weighted by molar-refractivity contribution is 6.19. The molecule has 0 saturated carbocycles. The Balaban J connectivity index is 1.81. The van der Waals surface area contributed by atoms with Crippen molar-refractivity contribution < 1.29 is 9.13 Å². The van der Waals surface area contributed by atoms with Crippen LogP contribution in [0.1, 0.15) is 24.8 Å². The van der Waals surface area contributed by atoms with Crippen molar-refractivity contribution in [1.82, 2.24) is 4.90 Å². The van der Waals surface area contributed by atoms with Gasteiger partial charge in [-0.1, -0.05) is 11.8 Å². The highest BCUT2D eigenvalue weighted by Crippen LogP contribution is 2.18. The van der Waals surface area contributed by atoms with E-state index >= 15 is 0 Å². The van der Waals surface area contributed by atoms with E-state index in [2.05, 4.69) is 16.7 Å². The molecular formula is C16H19ClFNO. The van der Waals surface area contributed by atoms with Crippen LogP contribution in [0.3, 0.4) is 0 Å². The minimum Gasteiger partial charge on any atom is -0.490 e. The van der Waals surface area contributed by atoms with E-state index < -0.39 is 0 Å². The van der Waals surface area contributed by atoms with E-state index in [4.69, 9.17) is 16.3 Å². The number of hydrogen-bond acceptors (Lipinski definition) is 2. The summed E-state index contributed by atoms with van der Waals surface area (Å²) in [5.41, 5.74) is 0.724. The van der Waals surface area contributed by atoms with Crippen LogP contribution in [0.25, 0.3) is 0 Å². The molecule has 0 aliphatic carbocycles. The zero-order valence-electron chi connectivity index (χ0n) is 11.5. The van der Waals surface area contributed by atoms with Crippen molar-refractivity contribution in [1.29, 1.82) is 0 Å². The topological polar surface area (TPSA) is 12.5 Å². The SMILES string of the molecule is Fc1ccc(C#CCCl)cc1OCCCN1CCCC1. The first-order valence-corrected chi connectivity index (χ1v) is 7.52. The van der Waals surface area contributed by atoms with Gasteiger partial charge in [0.1, 0.15) is 0 Å². The molecule has 1 aliphatic heterocycles. The van der Waals surface area contributed by atoms with Gasteiger partial charge in [0.15, 0.2) is 11.6 Å². The maximum atomic E-state index is 13.6. The van der Waals surface area contributed by atoms with Crippen molar-refractivity contribution in [3.05, 3.63) is 29.6 Å². The summed E-state index contributed by atoms with van der Waals surface area (Å²) in [6, 6.07) is 4.64. The molecule has 1 aromatic carbocycles. The van der Waals surface area contributed by atoms with Gasteiger partial charge in [-0.25, -0.2) is 4.39 Å². The smallest absolute Gasteiger partial charge is 0.165 e. The van der Waals surface area contributed by atoms with Crippen LogP contribution in [0, 0.1) is 17.7 Å². The molecule has 20 heavy (non-hydrogen) atoms. The molecule has 2 nitrogen and oxygen atoms in total. The van der Waals surface area contributed by atoms with E-state index in [1.807, 2.05) is 0 Å². The second-order valence-corrected chi connectivity index (χ2v) is 5.10. The molecule has 1 fully saturated rings. The molecule has 0 unspecified atom stereocenters. The van der Waals surface area contributed by atoms with Gasteiger partial charge in [-0.15, -0.1) is 11.6 Å². The molecule has 0 amide bonds. The molecular weight excluding hydrogens is 277 g/mol. The molecule has 4 heteroatoms. The van der Waals surface area contributed by atoms with Crippen molar-refractivity contribution in [2.75, 3.05) is 32.1 Å². The second kappa shape index (κ2) is 8.14. The summed E-state index contributed by atoms with van der Waals surface area (Å²) in [6.45, 7) is 3.91. The Morgan fingerprint density at radius 1 is 1.30 bits per heavy atom. The van der Waals surface area contributed by atoms with Crippen molar-refractivity contribution in [3.8, 4) is 17.6 Å². The molecule has 0 atom stereocenters. The third-order valence-corrected chi connectivity index (χ3v) is 3.44. The van der Waals surface area contributed by atoms with Gasteiger partial charge in [0.2, 0.25) is 0 Å². The molecule has 0 bridgehead atoms. The molecule has 108 valence electrons. The lowest BCUT2D eigenvalue weighted by molar-refractivity contribution is 0.256. The third-order valence-electron chi connectivity index (χ3n) is 3.31. The Morgan fingerprint density at radius 2 is 2.10 bits per heavy atom. The second-order valence-electron chi connectivity index (χ2n) is 4.83. The van der Waals surface area contributed by atoms with Crippen LogP contribution in [-0.4, -0.2) is 37.0 Å². The van der Waals surface area contributed by atoms with Crippen LogP contribution >= 0.6 is 11.6 Å². The van der Waals surface area contributed by atoms with E-state index in [0.29, 0.717) is 6.61 Å². The highest BCUT2D eigenvalue weighted by Gasteiger charge is 2.10. The molecule has 0 N–H and O–H groups in total. The lowest BCUT2D eigenvalue weighted by Crippen LogP contribution is -2.22. The van der Waals surface area contributed by atoms with E-state index in [0.717, 1.165) is 18.5 Å². The zero-order chi connectivity index (χ0) is 14.2. The van der Waals surface area contributed by atoms with Crippen LogP contribution in [0.15, 0.2) is 18.2 Å². The minimum absolute atomic E-state index is 0.267. The fourth-order valence-corrected chi connectivity index (χ4v) is 2.37. The number of alkyl halides is 1. The number of ether oxygens (including phenoxy) is 1. The van der Waals surface area contributed by atoms with Gasteiger partial charge in [-0.05, 0) is 50.6 Å². The normalized spacial score (nSPS) is 14.9. The Kier molecular flexibility index (Phi) is 6.17. The first-order chi connectivity index (χ1) is 9.79. The van der Waals surface area contributed by atoms with Gasteiger partial charge in [0.05, 0.1) is 12.5 Å². The van der Waals surface area contributed by atoms with Crippen molar-refractivity contribution in [2.45, 2.75) is 19.3 Å². The first-order valence-electron chi connectivity index (χ1n) is 6.99. The van der Waals surface area contributed by atoms with Crippen molar-refractivity contribution in [3.63, 3.8) is 0 Å².